The second-order valence-electron chi connectivity index (χ2n) is 5.58. The second-order valence-corrected chi connectivity index (χ2v) is 6.69. The van der Waals surface area contributed by atoms with Crippen LogP contribution in [0, 0.1) is 0 Å². The highest BCUT2D eigenvalue weighted by molar-refractivity contribution is 7.17. The number of nitrogens with zero attached hydrogens (tertiary/aromatic N) is 1. The summed E-state index contributed by atoms with van der Waals surface area (Å²) in [5.74, 6) is -0.382. The molecular weight excluding hydrogens is 288 g/mol. The number of carbonyl (C=O) groups is 2. The smallest absolute Gasteiger partial charge is 0.341 e. The maximum atomic E-state index is 12.2. The summed E-state index contributed by atoms with van der Waals surface area (Å²) in [5.41, 5.74) is 1.65. The van der Waals surface area contributed by atoms with E-state index in [1.807, 2.05) is 0 Å². The predicted octanol–water partition coefficient (Wildman–Crippen LogP) is 2.06. The molecule has 0 saturated carbocycles. The lowest BCUT2D eigenvalue weighted by atomic mass is 10.1. The van der Waals surface area contributed by atoms with Crippen LogP contribution < -0.4 is 5.32 Å². The first-order chi connectivity index (χ1) is 10.2. The third-order valence-electron chi connectivity index (χ3n) is 4.13. The van der Waals surface area contributed by atoms with Crippen molar-refractivity contribution in [1.82, 2.24) is 4.90 Å². The van der Waals surface area contributed by atoms with Crippen molar-refractivity contribution in [3.8, 4) is 0 Å². The summed E-state index contributed by atoms with van der Waals surface area (Å²) in [6, 6.07) is 0. The van der Waals surface area contributed by atoms with Crippen LogP contribution in [-0.4, -0.2) is 43.5 Å². The molecule has 1 aromatic rings. The summed E-state index contributed by atoms with van der Waals surface area (Å²) in [6.07, 6.45) is 5.29. The fourth-order valence-corrected chi connectivity index (χ4v) is 4.41. The molecule has 0 spiro atoms. The summed E-state index contributed by atoms with van der Waals surface area (Å²) in [7, 11) is 1.39. The summed E-state index contributed by atoms with van der Waals surface area (Å²) < 4.78 is 4.88. The molecule has 2 aliphatic rings. The highest BCUT2D eigenvalue weighted by Crippen LogP contribution is 2.39. The number of rotatable bonds is 4. The minimum Gasteiger partial charge on any atom is -0.465 e. The van der Waals surface area contributed by atoms with Crippen molar-refractivity contribution < 1.29 is 14.3 Å². The van der Waals surface area contributed by atoms with E-state index >= 15 is 0 Å². The molecule has 1 fully saturated rings. The minimum atomic E-state index is -0.342. The Hall–Kier alpha value is -1.40. The van der Waals surface area contributed by atoms with Gasteiger partial charge in [0.1, 0.15) is 5.00 Å². The Morgan fingerprint density at radius 1 is 1.24 bits per heavy atom. The number of carbonyl (C=O) groups excluding carboxylic acids is 2. The van der Waals surface area contributed by atoms with Crippen LogP contribution in [0.5, 0.6) is 0 Å². The number of anilines is 1. The molecule has 1 amide bonds. The van der Waals surface area contributed by atoms with Crippen LogP contribution in [0.4, 0.5) is 5.00 Å². The zero-order valence-electron chi connectivity index (χ0n) is 12.2. The Balaban J connectivity index is 1.75. The number of fused-ring (bicyclic) bond motifs is 1. The van der Waals surface area contributed by atoms with Crippen molar-refractivity contribution in [2.75, 3.05) is 32.1 Å². The van der Waals surface area contributed by atoms with E-state index in [4.69, 9.17) is 4.74 Å². The van der Waals surface area contributed by atoms with Gasteiger partial charge in [-0.05, 0) is 50.8 Å². The van der Waals surface area contributed by atoms with Crippen molar-refractivity contribution in [2.45, 2.75) is 32.1 Å². The van der Waals surface area contributed by atoms with Crippen molar-refractivity contribution in [3.05, 3.63) is 16.0 Å². The molecule has 0 aromatic carbocycles. The first kappa shape index (κ1) is 14.5. The minimum absolute atomic E-state index is 0.0398. The molecule has 2 heterocycles. The van der Waals surface area contributed by atoms with Gasteiger partial charge in [0.2, 0.25) is 5.91 Å². The van der Waals surface area contributed by atoms with Crippen LogP contribution in [0.2, 0.25) is 0 Å². The van der Waals surface area contributed by atoms with E-state index in [9.17, 15) is 9.59 Å². The van der Waals surface area contributed by atoms with E-state index in [1.165, 1.54) is 23.3 Å². The topological polar surface area (TPSA) is 58.6 Å². The molecule has 1 aliphatic heterocycles. The van der Waals surface area contributed by atoms with E-state index in [-0.39, 0.29) is 11.9 Å². The molecule has 0 radical (unpaired) electrons. The number of amides is 1. The third kappa shape index (κ3) is 2.96. The van der Waals surface area contributed by atoms with E-state index in [0.717, 1.165) is 50.8 Å². The molecule has 1 N–H and O–H groups in total. The Kier molecular flexibility index (Phi) is 4.26. The van der Waals surface area contributed by atoms with Gasteiger partial charge in [0.25, 0.3) is 0 Å². The number of nitrogens with one attached hydrogen (secondary N) is 1. The largest absolute Gasteiger partial charge is 0.465 e. The lowest BCUT2D eigenvalue weighted by Gasteiger charge is -2.14. The van der Waals surface area contributed by atoms with Gasteiger partial charge in [-0.1, -0.05) is 0 Å². The molecule has 0 unspecified atom stereocenters. The maximum absolute atomic E-state index is 12.2. The fraction of sp³-hybridized carbons (Fsp3) is 0.600. The number of methoxy groups -OCH3 is 1. The molecule has 3 rings (SSSR count). The van der Waals surface area contributed by atoms with Crippen molar-refractivity contribution >= 4 is 28.2 Å². The SMILES string of the molecule is COC(=O)c1c(NC(=O)CN2CCCC2)sc2c1CCC2. The summed E-state index contributed by atoms with van der Waals surface area (Å²) in [6.45, 7) is 2.37. The number of aryl methyl sites for hydroxylation is 1. The number of thiophene rings is 1. The lowest BCUT2D eigenvalue weighted by molar-refractivity contribution is -0.117. The first-order valence-electron chi connectivity index (χ1n) is 7.44. The van der Waals surface area contributed by atoms with E-state index in [1.54, 1.807) is 0 Å². The van der Waals surface area contributed by atoms with Gasteiger partial charge in [0.15, 0.2) is 0 Å². The molecule has 0 atom stereocenters. The molecule has 1 aromatic heterocycles. The van der Waals surface area contributed by atoms with Crippen LogP contribution in [0.1, 0.15) is 40.1 Å². The van der Waals surface area contributed by atoms with Gasteiger partial charge in [-0.3, -0.25) is 9.69 Å². The van der Waals surface area contributed by atoms with Gasteiger partial charge in [-0.25, -0.2) is 4.79 Å². The highest BCUT2D eigenvalue weighted by Gasteiger charge is 2.28. The van der Waals surface area contributed by atoms with Gasteiger partial charge in [0, 0.05) is 4.88 Å². The second kappa shape index (κ2) is 6.15. The van der Waals surface area contributed by atoms with Gasteiger partial charge in [-0.2, -0.15) is 0 Å². The van der Waals surface area contributed by atoms with Crippen LogP contribution in [0.25, 0.3) is 0 Å². The average molecular weight is 308 g/mol. The summed E-state index contributed by atoms with van der Waals surface area (Å²) >= 11 is 1.53. The average Bonchev–Trinajstić information content (AvgIpc) is 3.14. The Morgan fingerprint density at radius 2 is 2.00 bits per heavy atom. The number of hydrogen-bond donors (Lipinski definition) is 1. The van der Waals surface area contributed by atoms with Crippen LogP contribution in [0.3, 0.4) is 0 Å². The maximum Gasteiger partial charge on any atom is 0.341 e. The zero-order chi connectivity index (χ0) is 14.8. The molecule has 6 heteroatoms. The zero-order valence-corrected chi connectivity index (χ0v) is 13.1. The van der Waals surface area contributed by atoms with Gasteiger partial charge in [-0.15, -0.1) is 11.3 Å². The van der Waals surface area contributed by atoms with Gasteiger partial charge in [0.05, 0.1) is 19.2 Å². The molecule has 21 heavy (non-hydrogen) atoms. The molecule has 0 bridgehead atoms. The quantitative estimate of drug-likeness (QED) is 0.865. The Bertz CT molecular complexity index is 562. The number of ether oxygens (including phenoxy) is 1. The highest BCUT2D eigenvalue weighted by atomic mass is 32.1. The number of esters is 1. The standard InChI is InChI=1S/C15H20N2O3S/c1-20-15(19)13-10-5-4-6-11(10)21-14(13)16-12(18)9-17-7-2-3-8-17/h2-9H2,1H3,(H,16,18). The monoisotopic (exact) mass is 308 g/mol. The van der Waals surface area contributed by atoms with Crippen LogP contribution in [-0.2, 0) is 22.4 Å². The summed E-state index contributed by atoms with van der Waals surface area (Å²) in [4.78, 5) is 27.5. The first-order valence-corrected chi connectivity index (χ1v) is 8.25. The summed E-state index contributed by atoms with van der Waals surface area (Å²) in [5, 5.41) is 3.58. The molecule has 5 nitrogen and oxygen atoms in total. The van der Waals surface area contributed by atoms with E-state index in [0.29, 0.717) is 17.1 Å². The third-order valence-corrected chi connectivity index (χ3v) is 5.34. The van der Waals surface area contributed by atoms with Gasteiger partial charge < -0.3 is 10.1 Å². The number of hydrogen-bond acceptors (Lipinski definition) is 5. The Labute approximate surface area is 128 Å². The van der Waals surface area contributed by atoms with Gasteiger partial charge >= 0.3 is 5.97 Å². The van der Waals surface area contributed by atoms with Crippen LogP contribution >= 0.6 is 11.3 Å². The van der Waals surface area contributed by atoms with Crippen LogP contribution in [0.15, 0.2) is 0 Å². The molecule has 114 valence electrons. The van der Waals surface area contributed by atoms with E-state index in [2.05, 4.69) is 10.2 Å². The van der Waals surface area contributed by atoms with E-state index < -0.39 is 0 Å². The van der Waals surface area contributed by atoms with Crippen molar-refractivity contribution in [3.63, 3.8) is 0 Å². The molecular formula is C15H20N2O3S. The molecule has 1 aliphatic carbocycles. The molecule has 1 saturated heterocycles. The van der Waals surface area contributed by atoms with Crippen molar-refractivity contribution in [1.29, 1.82) is 0 Å². The fourth-order valence-electron chi connectivity index (χ4n) is 3.12. The Morgan fingerprint density at radius 3 is 2.71 bits per heavy atom. The predicted molar refractivity (Wildman–Crippen MR) is 82.0 cm³/mol. The van der Waals surface area contributed by atoms with Crippen molar-refractivity contribution in [2.24, 2.45) is 0 Å². The normalized spacial score (nSPS) is 17.8. The lowest BCUT2D eigenvalue weighted by Crippen LogP contribution is -2.31. The number of likely N-dealkylation sites (tertiary alicyclic amines) is 1.